The Morgan fingerprint density at radius 2 is 1.82 bits per heavy atom. The van der Waals surface area contributed by atoms with Crippen LogP contribution in [0.4, 0.5) is 14.5 Å². The van der Waals surface area contributed by atoms with Gasteiger partial charge in [-0.3, -0.25) is 0 Å². The smallest absolute Gasteiger partial charge is 0.183 e. The Bertz CT molecular complexity index is 434. The molecule has 92 valence electrons. The minimum absolute atomic E-state index is 0.164. The number of hydrogen-bond acceptors (Lipinski definition) is 2. The van der Waals surface area contributed by atoms with Crippen LogP contribution < -0.4 is 4.90 Å². The lowest BCUT2D eigenvalue weighted by atomic mass is 10.1. The maximum absolute atomic E-state index is 13.8. The van der Waals surface area contributed by atoms with Gasteiger partial charge in [0.1, 0.15) is 6.07 Å². The van der Waals surface area contributed by atoms with Gasteiger partial charge < -0.3 is 4.90 Å². The van der Waals surface area contributed by atoms with Gasteiger partial charge in [-0.2, -0.15) is 5.26 Å². The highest BCUT2D eigenvalue weighted by Crippen LogP contribution is 2.25. The van der Waals surface area contributed by atoms with Crippen molar-refractivity contribution >= 4 is 5.69 Å². The van der Waals surface area contributed by atoms with Crippen LogP contribution >= 0.6 is 0 Å². The first kappa shape index (κ1) is 13.4. The molecule has 4 heteroatoms. The fourth-order valence-corrected chi connectivity index (χ4v) is 1.93. The maximum Gasteiger partial charge on any atom is 0.183 e. The number of hydrogen-bond donors (Lipinski definition) is 0. The summed E-state index contributed by atoms with van der Waals surface area (Å²) in [4.78, 5) is 1.72. The van der Waals surface area contributed by atoms with Crippen LogP contribution in [0.5, 0.6) is 0 Å². The summed E-state index contributed by atoms with van der Waals surface area (Å²) in [7, 11) is 1.74. The van der Waals surface area contributed by atoms with Crippen molar-refractivity contribution in [2.24, 2.45) is 0 Å². The van der Waals surface area contributed by atoms with E-state index >= 15 is 0 Å². The van der Waals surface area contributed by atoms with Crippen molar-refractivity contribution in [1.29, 1.82) is 5.26 Å². The molecule has 0 N–H and O–H groups in total. The van der Waals surface area contributed by atoms with E-state index in [-0.39, 0.29) is 17.3 Å². The maximum atomic E-state index is 13.8. The van der Waals surface area contributed by atoms with E-state index in [1.807, 2.05) is 13.8 Å². The Labute approximate surface area is 100 Å². The van der Waals surface area contributed by atoms with E-state index in [2.05, 4.69) is 0 Å². The SMILES string of the molecule is CCC(CC)N(C)c1ccc(C#N)c(F)c1F. The molecule has 1 aromatic rings. The van der Waals surface area contributed by atoms with Gasteiger partial charge in [0.25, 0.3) is 0 Å². The highest BCUT2D eigenvalue weighted by molar-refractivity contribution is 5.52. The molecule has 0 aromatic heterocycles. The van der Waals surface area contributed by atoms with Crippen LogP contribution in [-0.4, -0.2) is 13.1 Å². The van der Waals surface area contributed by atoms with Gasteiger partial charge in [-0.25, -0.2) is 8.78 Å². The monoisotopic (exact) mass is 238 g/mol. The molecular weight excluding hydrogens is 222 g/mol. The van der Waals surface area contributed by atoms with E-state index in [0.717, 1.165) is 12.8 Å². The summed E-state index contributed by atoms with van der Waals surface area (Å²) in [5.74, 6) is -2.01. The van der Waals surface area contributed by atoms with Crippen LogP contribution in [0.3, 0.4) is 0 Å². The second-order valence-corrected chi connectivity index (χ2v) is 3.95. The molecule has 0 heterocycles. The van der Waals surface area contributed by atoms with Crippen molar-refractivity contribution in [3.63, 3.8) is 0 Å². The predicted molar refractivity (Wildman–Crippen MR) is 63.8 cm³/mol. The van der Waals surface area contributed by atoms with E-state index in [9.17, 15) is 8.78 Å². The molecule has 0 radical (unpaired) electrons. The molecule has 0 atom stereocenters. The highest BCUT2D eigenvalue weighted by Gasteiger charge is 2.19. The van der Waals surface area contributed by atoms with Crippen LogP contribution in [0, 0.1) is 23.0 Å². The second kappa shape index (κ2) is 5.62. The van der Waals surface area contributed by atoms with E-state index in [1.165, 1.54) is 12.1 Å². The lowest BCUT2D eigenvalue weighted by Gasteiger charge is -2.28. The van der Waals surface area contributed by atoms with Gasteiger partial charge in [-0.05, 0) is 25.0 Å². The highest BCUT2D eigenvalue weighted by atomic mass is 19.2. The zero-order valence-electron chi connectivity index (χ0n) is 10.3. The fraction of sp³-hybridized carbons (Fsp3) is 0.462. The molecule has 0 unspecified atom stereocenters. The summed E-state index contributed by atoms with van der Waals surface area (Å²) in [6.07, 6.45) is 1.71. The summed E-state index contributed by atoms with van der Waals surface area (Å²) >= 11 is 0. The Morgan fingerprint density at radius 3 is 2.29 bits per heavy atom. The Balaban J connectivity index is 3.16. The number of benzene rings is 1. The van der Waals surface area contributed by atoms with Crippen LogP contribution in [0.1, 0.15) is 32.3 Å². The molecule has 1 rings (SSSR count). The molecule has 2 nitrogen and oxygen atoms in total. The van der Waals surface area contributed by atoms with Gasteiger partial charge in [-0.1, -0.05) is 13.8 Å². The third-order valence-electron chi connectivity index (χ3n) is 3.05. The molecule has 0 fully saturated rings. The molecule has 0 aliphatic heterocycles. The average Bonchev–Trinajstić information content (AvgIpc) is 2.34. The number of rotatable bonds is 4. The van der Waals surface area contributed by atoms with E-state index in [4.69, 9.17) is 5.26 Å². The first-order chi connectivity index (χ1) is 8.06. The van der Waals surface area contributed by atoms with Crippen LogP contribution in [0.25, 0.3) is 0 Å². The van der Waals surface area contributed by atoms with Crippen molar-refractivity contribution in [1.82, 2.24) is 0 Å². The summed E-state index contributed by atoms with van der Waals surface area (Å²) in [5.41, 5.74) is -0.0561. The quantitative estimate of drug-likeness (QED) is 0.803. The predicted octanol–water partition coefficient (Wildman–Crippen LogP) is 3.46. The number of anilines is 1. The topological polar surface area (TPSA) is 27.0 Å². The van der Waals surface area contributed by atoms with E-state index in [0.29, 0.717) is 0 Å². The second-order valence-electron chi connectivity index (χ2n) is 3.95. The summed E-state index contributed by atoms with van der Waals surface area (Å²) in [6, 6.07) is 4.56. The van der Waals surface area contributed by atoms with Gasteiger partial charge in [0.05, 0.1) is 11.3 Å². The number of nitrogens with zero attached hydrogens (tertiary/aromatic N) is 2. The molecule has 0 aliphatic carbocycles. The van der Waals surface area contributed by atoms with Crippen molar-refractivity contribution in [3.05, 3.63) is 29.3 Å². The van der Waals surface area contributed by atoms with E-state index < -0.39 is 11.6 Å². The van der Waals surface area contributed by atoms with Gasteiger partial charge in [0.15, 0.2) is 11.6 Å². The lowest BCUT2D eigenvalue weighted by molar-refractivity contribution is 0.496. The Kier molecular flexibility index (Phi) is 4.45. The average molecular weight is 238 g/mol. The third-order valence-corrected chi connectivity index (χ3v) is 3.05. The van der Waals surface area contributed by atoms with Crippen LogP contribution in [-0.2, 0) is 0 Å². The molecule has 0 amide bonds. The molecule has 0 bridgehead atoms. The van der Waals surface area contributed by atoms with Crippen LogP contribution in [0.15, 0.2) is 12.1 Å². The first-order valence-corrected chi connectivity index (χ1v) is 5.67. The fourth-order valence-electron chi connectivity index (χ4n) is 1.93. The molecule has 0 saturated heterocycles. The number of nitriles is 1. The normalized spacial score (nSPS) is 10.4. The largest absolute Gasteiger partial charge is 0.369 e. The van der Waals surface area contributed by atoms with Crippen molar-refractivity contribution in [2.45, 2.75) is 32.7 Å². The molecular formula is C13H16F2N2. The Hall–Kier alpha value is -1.63. The summed E-state index contributed by atoms with van der Waals surface area (Å²) in [5, 5.41) is 8.60. The van der Waals surface area contributed by atoms with Gasteiger partial charge in [0, 0.05) is 13.1 Å². The first-order valence-electron chi connectivity index (χ1n) is 5.67. The minimum atomic E-state index is -1.07. The molecule has 1 aromatic carbocycles. The molecule has 0 aliphatic rings. The number of halogens is 2. The van der Waals surface area contributed by atoms with Crippen molar-refractivity contribution in [3.8, 4) is 6.07 Å². The lowest BCUT2D eigenvalue weighted by Crippen LogP contribution is -2.31. The summed E-state index contributed by atoms with van der Waals surface area (Å²) < 4.78 is 27.2. The Morgan fingerprint density at radius 1 is 1.24 bits per heavy atom. The van der Waals surface area contributed by atoms with E-state index in [1.54, 1.807) is 18.0 Å². The van der Waals surface area contributed by atoms with Gasteiger partial charge in [-0.15, -0.1) is 0 Å². The molecule has 0 spiro atoms. The van der Waals surface area contributed by atoms with Crippen LogP contribution in [0.2, 0.25) is 0 Å². The minimum Gasteiger partial charge on any atom is -0.369 e. The standard InChI is InChI=1S/C13H16F2N2/c1-4-10(5-2)17(3)11-7-6-9(8-16)12(14)13(11)15/h6-7,10H,4-5H2,1-3H3. The van der Waals surface area contributed by atoms with Crippen molar-refractivity contribution < 1.29 is 8.78 Å². The van der Waals surface area contributed by atoms with Gasteiger partial charge in [0.2, 0.25) is 0 Å². The molecule has 17 heavy (non-hydrogen) atoms. The zero-order chi connectivity index (χ0) is 13.0. The van der Waals surface area contributed by atoms with Gasteiger partial charge >= 0.3 is 0 Å². The van der Waals surface area contributed by atoms with Crippen molar-refractivity contribution in [2.75, 3.05) is 11.9 Å². The summed E-state index contributed by atoms with van der Waals surface area (Å²) in [6.45, 7) is 4.01. The molecule has 0 saturated carbocycles. The zero-order valence-corrected chi connectivity index (χ0v) is 10.3. The third kappa shape index (κ3) is 2.55.